The summed E-state index contributed by atoms with van der Waals surface area (Å²) >= 11 is 0. The number of para-hydroxylation sites is 1. The Balaban J connectivity index is 1.34. The minimum atomic E-state index is -0.529. The number of anilines is 1. The van der Waals surface area contributed by atoms with Gasteiger partial charge in [0.05, 0.1) is 10.9 Å². The predicted octanol–water partition coefficient (Wildman–Crippen LogP) is 1.76. The van der Waals surface area contributed by atoms with Crippen molar-refractivity contribution in [2.75, 3.05) is 31.5 Å². The Morgan fingerprint density at radius 3 is 2.44 bits per heavy atom. The van der Waals surface area contributed by atoms with Crippen LogP contribution < -0.4 is 16.6 Å². The molecule has 1 aliphatic rings. The largest absolute Gasteiger partial charge is 0.339 e. The highest BCUT2D eigenvalue weighted by molar-refractivity contribution is 5.89. The standard InChI is InChI=1S/C23H25N5O4/c1-16-5-4-6-17(15-16)24-22(31)27-13-11-26(12-14-27)20(29)9-10-28-19-8-3-2-7-18(19)21(30)25-23(28)32/h2-8,15H,9-14H2,1H3,(H,24,31)(H,25,30,32). The monoisotopic (exact) mass is 435 g/mol. The summed E-state index contributed by atoms with van der Waals surface area (Å²) in [6.07, 6.45) is 0.130. The molecule has 9 nitrogen and oxygen atoms in total. The van der Waals surface area contributed by atoms with Crippen molar-refractivity contribution < 1.29 is 9.59 Å². The van der Waals surface area contributed by atoms with Gasteiger partial charge in [-0.05, 0) is 36.8 Å². The fourth-order valence-electron chi connectivity index (χ4n) is 3.91. The third kappa shape index (κ3) is 4.56. The summed E-state index contributed by atoms with van der Waals surface area (Å²) in [7, 11) is 0. The zero-order valence-electron chi connectivity index (χ0n) is 17.8. The molecular weight excluding hydrogens is 410 g/mol. The van der Waals surface area contributed by atoms with Crippen LogP contribution in [0.3, 0.4) is 0 Å². The van der Waals surface area contributed by atoms with E-state index in [0.29, 0.717) is 37.1 Å². The molecule has 3 aromatic rings. The van der Waals surface area contributed by atoms with Gasteiger partial charge in [0.2, 0.25) is 5.91 Å². The molecule has 3 amide bonds. The fourth-order valence-corrected chi connectivity index (χ4v) is 3.91. The maximum absolute atomic E-state index is 12.7. The molecule has 0 spiro atoms. The number of aromatic nitrogens is 2. The van der Waals surface area contributed by atoms with E-state index < -0.39 is 11.2 Å². The lowest BCUT2D eigenvalue weighted by atomic mass is 10.2. The Kier molecular flexibility index (Phi) is 6.07. The number of piperazine rings is 1. The van der Waals surface area contributed by atoms with E-state index in [-0.39, 0.29) is 24.9 Å². The Morgan fingerprint density at radius 2 is 1.69 bits per heavy atom. The molecule has 9 heteroatoms. The third-order valence-electron chi connectivity index (χ3n) is 5.64. The van der Waals surface area contributed by atoms with Crippen molar-refractivity contribution in [1.82, 2.24) is 19.4 Å². The number of carbonyl (C=O) groups excluding carboxylic acids is 2. The van der Waals surface area contributed by atoms with E-state index in [1.165, 1.54) is 4.57 Å². The second kappa shape index (κ2) is 9.09. The highest BCUT2D eigenvalue weighted by Gasteiger charge is 2.24. The van der Waals surface area contributed by atoms with Crippen LogP contribution in [0.2, 0.25) is 0 Å². The lowest BCUT2D eigenvalue weighted by molar-refractivity contribution is -0.132. The molecule has 2 N–H and O–H groups in total. The molecule has 1 aliphatic heterocycles. The van der Waals surface area contributed by atoms with Gasteiger partial charge in [-0.25, -0.2) is 9.59 Å². The van der Waals surface area contributed by atoms with Crippen LogP contribution >= 0.6 is 0 Å². The van der Waals surface area contributed by atoms with Crippen LogP contribution in [-0.2, 0) is 11.3 Å². The maximum atomic E-state index is 12.7. The van der Waals surface area contributed by atoms with E-state index in [4.69, 9.17) is 0 Å². The van der Waals surface area contributed by atoms with Crippen LogP contribution in [0.4, 0.5) is 10.5 Å². The van der Waals surface area contributed by atoms with Crippen molar-refractivity contribution in [2.24, 2.45) is 0 Å². The van der Waals surface area contributed by atoms with E-state index in [0.717, 1.165) is 11.3 Å². The van der Waals surface area contributed by atoms with Gasteiger partial charge in [-0.1, -0.05) is 24.3 Å². The Labute approximate surface area is 184 Å². The number of hydrogen-bond acceptors (Lipinski definition) is 4. The van der Waals surface area contributed by atoms with Gasteiger partial charge in [-0.3, -0.25) is 19.1 Å². The number of nitrogens with zero attached hydrogens (tertiary/aromatic N) is 3. The van der Waals surface area contributed by atoms with E-state index in [1.54, 1.807) is 34.1 Å². The van der Waals surface area contributed by atoms with Crippen LogP contribution in [0, 0.1) is 6.92 Å². The van der Waals surface area contributed by atoms with Gasteiger partial charge in [0.1, 0.15) is 0 Å². The number of benzene rings is 2. The first-order chi connectivity index (χ1) is 15.4. The van der Waals surface area contributed by atoms with Crippen LogP contribution in [0.15, 0.2) is 58.1 Å². The van der Waals surface area contributed by atoms with Gasteiger partial charge in [0, 0.05) is 44.8 Å². The topological polar surface area (TPSA) is 108 Å². The second-order valence-corrected chi connectivity index (χ2v) is 7.85. The highest BCUT2D eigenvalue weighted by Crippen LogP contribution is 2.13. The molecule has 32 heavy (non-hydrogen) atoms. The molecule has 1 fully saturated rings. The molecule has 0 saturated carbocycles. The number of H-pyrrole nitrogens is 1. The van der Waals surface area contributed by atoms with Crippen molar-refractivity contribution >= 4 is 28.5 Å². The van der Waals surface area contributed by atoms with Crippen LogP contribution in [0.25, 0.3) is 10.9 Å². The Bertz CT molecular complexity index is 1270. The van der Waals surface area contributed by atoms with Crippen LogP contribution in [0.5, 0.6) is 0 Å². The lowest BCUT2D eigenvalue weighted by Gasteiger charge is -2.34. The number of aryl methyl sites for hydroxylation is 2. The number of carbonyl (C=O) groups is 2. The quantitative estimate of drug-likeness (QED) is 0.651. The zero-order chi connectivity index (χ0) is 22.7. The number of urea groups is 1. The average Bonchev–Trinajstić information content (AvgIpc) is 2.79. The van der Waals surface area contributed by atoms with Crippen molar-refractivity contribution in [1.29, 1.82) is 0 Å². The number of aromatic amines is 1. The smallest absolute Gasteiger partial charge is 0.328 e. The van der Waals surface area contributed by atoms with Gasteiger partial charge in [0.25, 0.3) is 5.56 Å². The van der Waals surface area contributed by atoms with Crippen molar-refractivity contribution in [3.63, 3.8) is 0 Å². The van der Waals surface area contributed by atoms with Crippen molar-refractivity contribution in [3.8, 4) is 0 Å². The maximum Gasteiger partial charge on any atom is 0.328 e. The average molecular weight is 435 g/mol. The summed E-state index contributed by atoms with van der Waals surface area (Å²) in [5, 5.41) is 3.30. The minimum Gasteiger partial charge on any atom is -0.339 e. The minimum absolute atomic E-state index is 0.0917. The zero-order valence-corrected chi connectivity index (χ0v) is 17.8. The first kappa shape index (κ1) is 21.4. The Hall–Kier alpha value is -3.88. The van der Waals surface area contributed by atoms with Crippen LogP contribution in [0.1, 0.15) is 12.0 Å². The van der Waals surface area contributed by atoms with Crippen LogP contribution in [-0.4, -0.2) is 57.5 Å². The summed E-state index contributed by atoms with van der Waals surface area (Å²) in [5.41, 5.74) is 1.35. The lowest BCUT2D eigenvalue weighted by Crippen LogP contribution is -2.51. The summed E-state index contributed by atoms with van der Waals surface area (Å²) < 4.78 is 1.42. The SMILES string of the molecule is Cc1cccc(NC(=O)N2CCN(C(=O)CCn3c(=O)[nH]c(=O)c4ccccc43)CC2)c1. The molecule has 0 unspecified atom stereocenters. The third-order valence-corrected chi connectivity index (χ3v) is 5.64. The number of hydrogen-bond donors (Lipinski definition) is 2. The normalized spacial score (nSPS) is 13.9. The number of fused-ring (bicyclic) bond motifs is 1. The molecule has 0 atom stereocenters. The molecule has 0 aliphatic carbocycles. The highest BCUT2D eigenvalue weighted by atomic mass is 16.2. The van der Waals surface area contributed by atoms with Crippen molar-refractivity contribution in [2.45, 2.75) is 19.9 Å². The molecule has 0 bridgehead atoms. The number of amides is 3. The summed E-state index contributed by atoms with van der Waals surface area (Å²) in [6, 6.07) is 14.2. The second-order valence-electron chi connectivity index (χ2n) is 7.85. The molecular formula is C23H25N5O4. The molecule has 2 heterocycles. The van der Waals surface area contributed by atoms with Gasteiger partial charge in [0.15, 0.2) is 0 Å². The molecule has 166 valence electrons. The summed E-state index contributed by atoms with van der Waals surface area (Å²) in [6.45, 7) is 3.87. The van der Waals surface area contributed by atoms with E-state index in [1.807, 2.05) is 31.2 Å². The fraction of sp³-hybridized carbons (Fsp3) is 0.304. The molecule has 2 aromatic carbocycles. The molecule has 0 radical (unpaired) electrons. The summed E-state index contributed by atoms with van der Waals surface area (Å²) in [4.78, 5) is 55.1. The van der Waals surface area contributed by atoms with Crippen molar-refractivity contribution in [3.05, 3.63) is 74.9 Å². The Morgan fingerprint density at radius 1 is 0.969 bits per heavy atom. The molecule has 1 aromatic heterocycles. The predicted molar refractivity (Wildman–Crippen MR) is 122 cm³/mol. The number of nitrogens with one attached hydrogen (secondary N) is 2. The van der Waals surface area contributed by atoms with Gasteiger partial charge in [-0.15, -0.1) is 0 Å². The molecule has 4 rings (SSSR count). The summed E-state index contributed by atoms with van der Waals surface area (Å²) in [5.74, 6) is -0.0917. The van der Waals surface area contributed by atoms with E-state index >= 15 is 0 Å². The van der Waals surface area contributed by atoms with Gasteiger partial charge < -0.3 is 15.1 Å². The number of rotatable bonds is 4. The van der Waals surface area contributed by atoms with Gasteiger partial charge >= 0.3 is 11.7 Å². The van der Waals surface area contributed by atoms with Gasteiger partial charge in [-0.2, -0.15) is 0 Å². The first-order valence-electron chi connectivity index (χ1n) is 10.5. The van der Waals surface area contributed by atoms with E-state index in [9.17, 15) is 19.2 Å². The first-order valence-corrected chi connectivity index (χ1v) is 10.5. The molecule has 1 saturated heterocycles. The van der Waals surface area contributed by atoms with E-state index in [2.05, 4.69) is 10.3 Å².